The van der Waals surface area contributed by atoms with Gasteiger partial charge in [0.1, 0.15) is 0 Å². The van der Waals surface area contributed by atoms with E-state index in [-0.39, 0.29) is 12.0 Å². The Labute approximate surface area is 197 Å². The van der Waals surface area contributed by atoms with Crippen molar-refractivity contribution in [2.45, 2.75) is 76.8 Å². The molecule has 0 spiro atoms. The lowest BCUT2D eigenvalue weighted by molar-refractivity contribution is -0.168. The number of benzene rings is 1. The predicted molar refractivity (Wildman–Crippen MR) is 132 cm³/mol. The Morgan fingerprint density at radius 2 is 1.36 bits per heavy atom. The lowest BCUT2D eigenvalue weighted by Gasteiger charge is -2.27. The fourth-order valence-electron chi connectivity index (χ4n) is 3.62. The second kappa shape index (κ2) is 17.0. The summed E-state index contributed by atoms with van der Waals surface area (Å²) < 4.78 is 41.0. The first-order valence-electron chi connectivity index (χ1n) is 11.9. The summed E-state index contributed by atoms with van der Waals surface area (Å²) in [6.07, 6.45) is 19.8. The Morgan fingerprint density at radius 1 is 0.848 bits per heavy atom. The highest BCUT2D eigenvalue weighted by Crippen LogP contribution is 2.42. The SMILES string of the molecule is CCCCC/C=C\C/C=C\C/C=C\C/C=C\CCC(C(N)=O)C(c1ccccc1)C(F)(F)F. The van der Waals surface area contributed by atoms with Gasteiger partial charge in [-0.1, -0.05) is 98.7 Å². The molecule has 2 atom stereocenters. The number of unbranched alkanes of at least 4 members (excludes halogenated alkanes) is 3. The van der Waals surface area contributed by atoms with Crippen LogP contribution < -0.4 is 5.73 Å². The van der Waals surface area contributed by atoms with Crippen molar-refractivity contribution in [3.05, 3.63) is 84.5 Å². The van der Waals surface area contributed by atoms with Crippen LogP contribution in [0.1, 0.15) is 76.2 Å². The molecular weight excluding hydrogens is 423 g/mol. The molecule has 1 rings (SSSR count). The lowest BCUT2D eigenvalue weighted by atomic mass is 9.82. The quantitative estimate of drug-likeness (QED) is 0.196. The van der Waals surface area contributed by atoms with Crippen molar-refractivity contribution in [3.63, 3.8) is 0 Å². The number of nitrogens with two attached hydrogens (primary N) is 1. The third-order valence-corrected chi connectivity index (χ3v) is 5.38. The standard InChI is InChI=1S/C28H38F3NO/c1-2-3-4-5-6-7-8-9-10-11-12-13-14-15-16-20-23-25(27(32)33)26(28(29,30)31)24-21-18-17-19-22-24/h6-7,9-10,12-13,15-19,21-22,25-26H,2-5,8,11,14,20,23H2,1H3,(H2,32,33)/b7-6-,10-9-,13-12-,16-15-. The van der Waals surface area contributed by atoms with Crippen LogP contribution in [0.2, 0.25) is 0 Å². The third kappa shape index (κ3) is 12.9. The average Bonchev–Trinajstić information content (AvgIpc) is 2.77. The zero-order chi connectivity index (χ0) is 24.4. The Morgan fingerprint density at radius 3 is 1.85 bits per heavy atom. The van der Waals surface area contributed by atoms with E-state index in [1.54, 1.807) is 18.2 Å². The maximum absolute atomic E-state index is 13.7. The molecule has 2 nitrogen and oxygen atoms in total. The zero-order valence-corrected chi connectivity index (χ0v) is 19.6. The van der Waals surface area contributed by atoms with Crippen molar-refractivity contribution in [3.8, 4) is 0 Å². The molecule has 0 saturated heterocycles. The van der Waals surface area contributed by atoms with Gasteiger partial charge in [-0.2, -0.15) is 13.2 Å². The normalized spacial score (nSPS) is 14.7. The Bertz CT molecular complexity index is 763. The smallest absolute Gasteiger partial charge is 0.369 e. The van der Waals surface area contributed by atoms with E-state index in [1.165, 1.54) is 31.4 Å². The number of rotatable bonds is 16. The van der Waals surface area contributed by atoms with Crippen LogP contribution in [0.25, 0.3) is 0 Å². The van der Waals surface area contributed by atoms with E-state index in [0.29, 0.717) is 12.8 Å². The van der Waals surface area contributed by atoms with Crippen LogP contribution in [0.4, 0.5) is 13.2 Å². The lowest BCUT2D eigenvalue weighted by Crippen LogP contribution is -2.36. The highest BCUT2D eigenvalue weighted by atomic mass is 19.4. The maximum atomic E-state index is 13.7. The molecule has 0 saturated carbocycles. The number of primary amides is 1. The highest BCUT2D eigenvalue weighted by molar-refractivity contribution is 5.78. The topological polar surface area (TPSA) is 43.1 Å². The van der Waals surface area contributed by atoms with E-state index in [1.807, 2.05) is 18.2 Å². The number of halogens is 3. The van der Waals surface area contributed by atoms with E-state index in [4.69, 9.17) is 5.73 Å². The van der Waals surface area contributed by atoms with Crippen LogP contribution in [0, 0.1) is 5.92 Å². The van der Waals surface area contributed by atoms with Gasteiger partial charge in [0.15, 0.2) is 0 Å². The van der Waals surface area contributed by atoms with Gasteiger partial charge in [-0.15, -0.1) is 0 Å². The molecule has 0 radical (unpaired) electrons. The molecule has 0 aromatic heterocycles. The summed E-state index contributed by atoms with van der Waals surface area (Å²) in [4.78, 5) is 11.8. The third-order valence-electron chi connectivity index (χ3n) is 5.38. The average molecular weight is 462 g/mol. The van der Waals surface area contributed by atoms with E-state index in [0.717, 1.165) is 19.3 Å². The first kappa shape index (κ1) is 28.5. The summed E-state index contributed by atoms with van der Waals surface area (Å²) in [6.45, 7) is 2.20. The van der Waals surface area contributed by atoms with Gasteiger partial charge < -0.3 is 5.73 Å². The number of carbonyl (C=O) groups excluding carboxylic acids is 1. The molecule has 0 fully saturated rings. The minimum absolute atomic E-state index is 0.0588. The van der Waals surface area contributed by atoms with Gasteiger partial charge in [-0.05, 0) is 50.5 Å². The van der Waals surface area contributed by atoms with Crippen molar-refractivity contribution in [2.75, 3.05) is 0 Å². The monoisotopic (exact) mass is 461 g/mol. The number of allylic oxidation sites excluding steroid dienone is 8. The molecule has 1 amide bonds. The fraction of sp³-hybridized carbons (Fsp3) is 0.464. The van der Waals surface area contributed by atoms with Gasteiger partial charge in [0, 0.05) is 0 Å². The molecule has 0 aliphatic carbocycles. The van der Waals surface area contributed by atoms with Gasteiger partial charge in [-0.25, -0.2) is 0 Å². The van der Waals surface area contributed by atoms with Crippen molar-refractivity contribution in [1.29, 1.82) is 0 Å². The first-order chi connectivity index (χ1) is 15.9. The number of hydrogen-bond donors (Lipinski definition) is 1. The van der Waals surface area contributed by atoms with Gasteiger partial charge in [0.25, 0.3) is 0 Å². The molecule has 0 aliphatic rings. The van der Waals surface area contributed by atoms with Crippen molar-refractivity contribution in [2.24, 2.45) is 11.7 Å². The van der Waals surface area contributed by atoms with Crippen LogP contribution in [0.15, 0.2) is 78.9 Å². The molecular formula is C28H38F3NO. The fourth-order valence-corrected chi connectivity index (χ4v) is 3.62. The second-order valence-corrected chi connectivity index (χ2v) is 8.10. The Balaban J connectivity index is 2.39. The van der Waals surface area contributed by atoms with Gasteiger partial charge in [0.2, 0.25) is 5.91 Å². The van der Waals surface area contributed by atoms with Crippen molar-refractivity contribution < 1.29 is 18.0 Å². The summed E-state index contributed by atoms with van der Waals surface area (Å²) in [5, 5.41) is 0. The summed E-state index contributed by atoms with van der Waals surface area (Å²) in [6, 6.07) is 7.52. The first-order valence-corrected chi connectivity index (χ1v) is 11.9. The van der Waals surface area contributed by atoms with Crippen LogP contribution in [0.3, 0.4) is 0 Å². The summed E-state index contributed by atoms with van der Waals surface area (Å²) >= 11 is 0. The van der Waals surface area contributed by atoms with Crippen LogP contribution in [-0.2, 0) is 4.79 Å². The molecule has 182 valence electrons. The van der Waals surface area contributed by atoms with Crippen LogP contribution in [0.5, 0.6) is 0 Å². The van der Waals surface area contributed by atoms with E-state index >= 15 is 0 Å². The molecule has 0 heterocycles. The highest BCUT2D eigenvalue weighted by Gasteiger charge is 2.47. The molecule has 0 bridgehead atoms. The van der Waals surface area contributed by atoms with Crippen molar-refractivity contribution >= 4 is 5.91 Å². The maximum Gasteiger partial charge on any atom is 0.396 e. The molecule has 2 N–H and O–H groups in total. The number of amides is 1. The van der Waals surface area contributed by atoms with E-state index < -0.39 is 23.9 Å². The number of alkyl halides is 3. The minimum Gasteiger partial charge on any atom is -0.369 e. The summed E-state index contributed by atoms with van der Waals surface area (Å²) in [5.41, 5.74) is 5.42. The van der Waals surface area contributed by atoms with E-state index in [9.17, 15) is 18.0 Å². The van der Waals surface area contributed by atoms with Gasteiger partial charge in [0.05, 0.1) is 11.8 Å². The molecule has 1 aromatic rings. The van der Waals surface area contributed by atoms with Gasteiger partial charge in [-0.3, -0.25) is 4.79 Å². The molecule has 0 aliphatic heterocycles. The van der Waals surface area contributed by atoms with Crippen molar-refractivity contribution in [1.82, 2.24) is 0 Å². The summed E-state index contributed by atoms with van der Waals surface area (Å²) in [7, 11) is 0. The Kier molecular flexibility index (Phi) is 14.7. The molecule has 1 aromatic carbocycles. The minimum atomic E-state index is -4.54. The van der Waals surface area contributed by atoms with Crippen LogP contribution in [-0.4, -0.2) is 12.1 Å². The number of hydrogen-bond acceptors (Lipinski definition) is 1. The van der Waals surface area contributed by atoms with Crippen LogP contribution >= 0.6 is 0 Å². The summed E-state index contributed by atoms with van der Waals surface area (Å²) in [5.74, 6) is -4.10. The largest absolute Gasteiger partial charge is 0.396 e. The predicted octanol–water partition coefficient (Wildman–Crippen LogP) is 8.19. The number of carbonyl (C=O) groups is 1. The van der Waals surface area contributed by atoms with Gasteiger partial charge >= 0.3 is 6.18 Å². The zero-order valence-electron chi connectivity index (χ0n) is 19.6. The molecule has 33 heavy (non-hydrogen) atoms. The Hall–Kier alpha value is -2.56. The molecule has 2 unspecified atom stereocenters. The molecule has 5 heteroatoms. The second-order valence-electron chi connectivity index (χ2n) is 8.10. The van der Waals surface area contributed by atoms with E-state index in [2.05, 4.69) is 37.3 Å².